The number of benzene rings is 2. The predicted octanol–water partition coefficient (Wildman–Crippen LogP) is 3.19. The Labute approximate surface area is 166 Å². The van der Waals surface area contributed by atoms with E-state index in [0.717, 1.165) is 30.6 Å². The third kappa shape index (κ3) is 4.54. The highest BCUT2D eigenvalue weighted by Crippen LogP contribution is 2.25. The number of carbonyl (C=O) groups excluding carboxylic acids is 1. The number of carbonyl (C=O) groups is 1. The molecule has 2 aromatic rings. The van der Waals surface area contributed by atoms with Crippen LogP contribution < -0.4 is 10.1 Å². The maximum absolute atomic E-state index is 12.9. The van der Waals surface area contributed by atoms with Crippen LogP contribution in [0.5, 0.6) is 5.75 Å². The van der Waals surface area contributed by atoms with E-state index in [9.17, 15) is 13.2 Å². The van der Waals surface area contributed by atoms with E-state index in [1.165, 1.54) is 12.1 Å². The highest BCUT2D eigenvalue weighted by molar-refractivity contribution is 7.89. The first-order valence-electron chi connectivity index (χ1n) is 9.45. The topological polar surface area (TPSA) is 75.7 Å². The Morgan fingerprint density at radius 1 is 1.18 bits per heavy atom. The van der Waals surface area contributed by atoms with Crippen LogP contribution in [0, 0.1) is 0 Å². The monoisotopic (exact) mass is 402 g/mol. The van der Waals surface area contributed by atoms with E-state index in [2.05, 4.69) is 5.32 Å². The molecule has 1 N–H and O–H groups in total. The van der Waals surface area contributed by atoms with Crippen molar-refractivity contribution in [1.82, 2.24) is 9.62 Å². The Balaban J connectivity index is 1.67. The van der Waals surface area contributed by atoms with Gasteiger partial charge in [-0.1, -0.05) is 18.6 Å². The second kappa shape index (κ2) is 8.75. The number of nitrogens with one attached hydrogen (secondary N) is 1. The van der Waals surface area contributed by atoms with Crippen LogP contribution in [-0.2, 0) is 16.6 Å². The molecule has 1 aliphatic heterocycles. The van der Waals surface area contributed by atoms with Gasteiger partial charge in [0.2, 0.25) is 10.0 Å². The van der Waals surface area contributed by atoms with Crippen molar-refractivity contribution in [2.75, 3.05) is 13.7 Å². The van der Waals surface area contributed by atoms with Crippen LogP contribution in [0.1, 0.15) is 42.1 Å². The molecule has 0 aliphatic carbocycles. The van der Waals surface area contributed by atoms with E-state index in [1.807, 2.05) is 31.2 Å². The number of methoxy groups -OCH3 is 1. The Morgan fingerprint density at radius 3 is 2.61 bits per heavy atom. The molecular formula is C21H26N2O4S. The lowest BCUT2D eigenvalue weighted by Gasteiger charge is -2.32. The maximum atomic E-state index is 12.9. The van der Waals surface area contributed by atoms with Crippen molar-refractivity contribution >= 4 is 15.9 Å². The lowest BCUT2D eigenvalue weighted by atomic mass is 10.1. The first-order valence-corrected chi connectivity index (χ1v) is 10.9. The van der Waals surface area contributed by atoms with Crippen molar-refractivity contribution in [3.63, 3.8) is 0 Å². The molecule has 1 fully saturated rings. The number of nitrogens with zero attached hydrogens (tertiary/aromatic N) is 1. The zero-order valence-corrected chi connectivity index (χ0v) is 17.0. The van der Waals surface area contributed by atoms with E-state index >= 15 is 0 Å². The molecular weight excluding hydrogens is 376 g/mol. The molecule has 2 aromatic carbocycles. The second-order valence-corrected chi connectivity index (χ2v) is 8.91. The molecule has 1 saturated heterocycles. The smallest absolute Gasteiger partial charge is 0.251 e. The Hall–Kier alpha value is -2.38. The van der Waals surface area contributed by atoms with E-state index in [1.54, 1.807) is 23.5 Å². The first-order chi connectivity index (χ1) is 13.4. The van der Waals surface area contributed by atoms with E-state index in [4.69, 9.17) is 4.74 Å². The summed E-state index contributed by atoms with van der Waals surface area (Å²) in [6, 6.07) is 13.6. The largest absolute Gasteiger partial charge is 0.497 e. The molecule has 0 bridgehead atoms. The summed E-state index contributed by atoms with van der Waals surface area (Å²) in [5.41, 5.74) is 1.35. The molecule has 150 valence electrons. The average Bonchev–Trinajstić information content (AvgIpc) is 2.72. The molecule has 1 unspecified atom stereocenters. The molecule has 1 aliphatic rings. The number of piperidine rings is 1. The Bertz CT molecular complexity index is 926. The van der Waals surface area contributed by atoms with Gasteiger partial charge in [0.15, 0.2) is 0 Å². The lowest BCUT2D eigenvalue weighted by Crippen LogP contribution is -2.41. The number of ether oxygens (including phenoxy) is 1. The van der Waals surface area contributed by atoms with Crippen LogP contribution in [-0.4, -0.2) is 38.3 Å². The molecule has 28 heavy (non-hydrogen) atoms. The molecule has 0 spiro atoms. The summed E-state index contributed by atoms with van der Waals surface area (Å²) in [6.07, 6.45) is 2.82. The van der Waals surface area contributed by atoms with Crippen molar-refractivity contribution in [1.29, 1.82) is 0 Å². The van der Waals surface area contributed by atoms with Gasteiger partial charge in [-0.15, -0.1) is 0 Å². The van der Waals surface area contributed by atoms with E-state index < -0.39 is 10.0 Å². The van der Waals surface area contributed by atoms with E-state index in [-0.39, 0.29) is 16.8 Å². The van der Waals surface area contributed by atoms with Gasteiger partial charge < -0.3 is 10.1 Å². The van der Waals surface area contributed by atoms with Gasteiger partial charge in [-0.3, -0.25) is 4.79 Å². The summed E-state index contributed by atoms with van der Waals surface area (Å²) in [7, 11) is -1.93. The molecule has 1 amide bonds. The summed E-state index contributed by atoms with van der Waals surface area (Å²) in [6.45, 7) is 2.85. The number of rotatable bonds is 6. The summed E-state index contributed by atoms with van der Waals surface area (Å²) in [5, 5.41) is 2.84. The van der Waals surface area contributed by atoms with Crippen molar-refractivity contribution in [2.45, 2.75) is 43.7 Å². The van der Waals surface area contributed by atoms with Gasteiger partial charge in [0.1, 0.15) is 5.75 Å². The SMILES string of the molecule is COc1cccc(CNC(=O)c2ccc(S(=O)(=O)N3CCCCC3C)cc2)c1. The second-order valence-electron chi connectivity index (χ2n) is 7.02. The zero-order chi connectivity index (χ0) is 20.1. The predicted molar refractivity (Wildman–Crippen MR) is 108 cm³/mol. The van der Waals surface area contributed by atoms with Crippen LogP contribution in [0.15, 0.2) is 53.4 Å². The van der Waals surface area contributed by atoms with Crippen molar-refractivity contribution < 1.29 is 17.9 Å². The van der Waals surface area contributed by atoms with Gasteiger partial charge in [-0.05, 0) is 61.7 Å². The fourth-order valence-electron chi connectivity index (χ4n) is 3.41. The van der Waals surface area contributed by atoms with Gasteiger partial charge >= 0.3 is 0 Å². The molecule has 0 saturated carbocycles. The Morgan fingerprint density at radius 2 is 1.93 bits per heavy atom. The summed E-state index contributed by atoms with van der Waals surface area (Å²) in [4.78, 5) is 12.6. The lowest BCUT2D eigenvalue weighted by molar-refractivity contribution is 0.0950. The van der Waals surface area contributed by atoms with Crippen LogP contribution in [0.4, 0.5) is 0 Å². The normalized spacial score (nSPS) is 17.9. The quantitative estimate of drug-likeness (QED) is 0.805. The fraction of sp³-hybridized carbons (Fsp3) is 0.381. The Kier molecular flexibility index (Phi) is 6.36. The van der Waals surface area contributed by atoms with Crippen LogP contribution in [0.3, 0.4) is 0 Å². The molecule has 1 heterocycles. The van der Waals surface area contributed by atoms with Gasteiger partial charge in [-0.25, -0.2) is 8.42 Å². The zero-order valence-electron chi connectivity index (χ0n) is 16.2. The fourth-order valence-corrected chi connectivity index (χ4v) is 5.11. The van der Waals surface area contributed by atoms with Crippen LogP contribution >= 0.6 is 0 Å². The van der Waals surface area contributed by atoms with Gasteiger partial charge in [-0.2, -0.15) is 4.31 Å². The summed E-state index contributed by atoms with van der Waals surface area (Å²) >= 11 is 0. The molecule has 0 radical (unpaired) electrons. The average molecular weight is 403 g/mol. The molecule has 0 aromatic heterocycles. The highest BCUT2D eigenvalue weighted by atomic mass is 32.2. The maximum Gasteiger partial charge on any atom is 0.251 e. The number of hydrogen-bond acceptors (Lipinski definition) is 4. The van der Waals surface area contributed by atoms with Crippen molar-refractivity contribution in [2.24, 2.45) is 0 Å². The number of amides is 1. The first kappa shape index (κ1) is 20.4. The molecule has 3 rings (SSSR count). The molecule has 7 heteroatoms. The summed E-state index contributed by atoms with van der Waals surface area (Å²) < 4.78 is 32.5. The number of hydrogen-bond donors (Lipinski definition) is 1. The number of sulfonamides is 1. The van der Waals surface area contributed by atoms with Gasteiger partial charge in [0.25, 0.3) is 5.91 Å². The third-order valence-corrected chi connectivity index (χ3v) is 7.08. The molecule has 6 nitrogen and oxygen atoms in total. The minimum Gasteiger partial charge on any atom is -0.497 e. The minimum atomic E-state index is -3.53. The third-order valence-electron chi connectivity index (χ3n) is 5.05. The minimum absolute atomic E-state index is 0.00425. The van der Waals surface area contributed by atoms with Crippen LogP contribution in [0.2, 0.25) is 0 Å². The van der Waals surface area contributed by atoms with Crippen LogP contribution in [0.25, 0.3) is 0 Å². The summed E-state index contributed by atoms with van der Waals surface area (Å²) in [5.74, 6) is 0.478. The molecule has 1 atom stereocenters. The standard InChI is InChI=1S/C21H26N2O4S/c1-16-6-3-4-13-23(16)28(25,26)20-11-9-18(10-12-20)21(24)22-15-17-7-5-8-19(14-17)27-2/h5,7-12,14,16H,3-4,6,13,15H2,1-2H3,(H,22,24). The van der Waals surface area contributed by atoms with Gasteiger partial charge in [0.05, 0.1) is 12.0 Å². The van der Waals surface area contributed by atoms with Gasteiger partial charge in [0, 0.05) is 24.7 Å². The van der Waals surface area contributed by atoms with E-state index in [0.29, 0.717) is 18.7 Å². The van der Waals surface area contributed by atoms with Crippen molar-refractivity contribution in [3.05, 3.63) is 59.7 Å². The highest BCUT2D eigenvalue weighted by Gasteiger charge is 2.30. The van der Waals surface area contributed by atoms with Crippen molar-refractivity contribution in [3.8, 4) is 5.75 Å².